The number of amides is 2. The molecule has 1 aromatic carbocycles. The zero-order valence-corrected chi connectivity index (χ0v) is 16.9. The quantitative estimate of drug-likeness (QED) is 0.267. The summed E-state index contributed by atoms with van der Waals surface area (Å²) >= 11 is 0. The van der Waals surface area contributed by atoms with Gasteiger partial charge in [-0.1, -0.05) is 26.0 Å². The lowest BCUT2D eigenvalue weighted by Gasteiger charge is -2.24. The SMILES string of the molecule is CC(C)[C@H](NC(=O)[C@H](CCCCN)NC(=O)[C@@H](N)Cc1ccc(O)cc1)C(=O)O. The Kier molecular flexibility index (Phi) is 10.1. The molecule has 0 aliphatic rings. The number of unbranched alkanes of at least 4 members (excludes halogenated alkanes) is 1. The van der Waals surface area contributed by atoms with Gasteiger partial charge in [0.1, 0.15) is 17.8 Å². The molecule has 9 nitrogen and oxygen atoms in total. The van der Waals surface area contributed by atoms with E-state index in [-0.39, 0.29) is 18.1 Å². The van der Waals surface area contributed by atoms with Crippen LogP contribution < -0.4 is 22.1 Å². The molecule has 0 radical (unpaired) electrons. The van der Waals surface area contributed by atoms with Crippen molar-refractivity contribution >= 4 is 17.8 Å². The minimum Gasteiger partial charge on any atom is -0.508 e. The minimum absolute atomic E-state index is 0.113. The van der Waals surface area contributed by atoms with Gasteiger partial charge in [-0.2, -0.15) is 0 Å². The van der Waals surface area contributed by atoms with Gasteiger partial charge in [0, 0.05) is 0 Å². The molecule has 0 fully saturated rings. The summed E-state index contributed by atoms with van der Waals surface area (Å²) in [5, 5.41) is 23.7. The zero-order chi connectivity index (χ0) is 22.0. The molecule has 0 aliphatic carbocycles. The van der Waals surface area contributed by atoms with E-state index < -0.39 is 35.9 Å². The Balaban J connectivity index is 2.79. The maximum absolute atomic E-state index is 12.6. The van der Waals surface area contributed by atoms with Crippen LogP contribution >= 0.6 is 0 Å². The lowest BCUT2D eigenvalue weighted by Crippen LogP contribution is -2.55. The Hall–Kier alpha value is -2.65. The average Bonchev–Trinajstić information content (AvgIpc) is 2.66. The van der Waals surface area contributed by atoms with Crippen molar-refractivity contribution in [3.8, 4) is 5.75 Å². The summed E-state index contributed by atoms with van der Waals surface area (Å²) in [6, 6.07) is 3.47. The van der Waals surface area contributed by atoms with Crippen LogP contribution in [0.1, 0.15) is 38.7 Å². The van der Waals surface area contributed by atoms with Gasteiger partial charge in [0.15, 0.2) is 0 Å². The summed E-state index contributed by atoms with van der Waals surface area (Å²) in [6.07, 6.45) is 1.82. The van der Waals surface area contributed by atoms with E-state index in [2.05, 4.69) is 10.6 Å². The van der Waals surface area contributed by atoms with E-state index in [4.69, 9.17) is 11.5 Å². The Labute approximate surface area is 170 Å². The molecule has 1 aromatic rings. The van der Waals surface area contributed by atoms with Crippen molar-refractivity contribution in [1.82, 2.24) is 10.6 Å². The number of phenolic OH excluding ortho intramolecular Hbond substituents is 1. The van der Waals surface area contributed by atoms with Crippen molar-refractivity contribution in [2.45, 2.75) is 57.7 Å². The van der Waals surface area contributed by atoms with Crippen molar-refractivity contribution in [3.63, 3.8) is 0 Å². The standard InChI is InChI=1S/C20H32N4O5/c1-12(2)17(20(28)29)24-19(27)16(5-3-4-10-21)23-18(26)15(22)11-13-6-8-14(25)9-7-13/h6-9,12,15-17,25H,3-5,10-11,21-22H2,1-2H3,(H,23,26)(H,24,27)(H,28,29)/t15-,16-,17-/m0/s1. The second-order valence-electron chi connectivity index (χ2n) is 7.39. The predicted molar refractivity (Wildman–Crippen MR) is 109 cm³/mol. The molecule has 1 rings (SSSR count). The van der Waals surface area contributed by atoms with E-state index in [1.165, 1.54) is 12.1 Å². The molecule has 29 heavy (non-hydrogen) atoms. The van der Waals surface area contributed by atoms with Gasteiger partial charge < -0.3 is 32.3 Å². The van der Waals surface area contributed by atoms with Crippen LogP contribution in [0.5, 0.6) is 5.75 Å². The van der Waals surface area contributed by atoms with Gasteiger partial charge >= 0.3 is 5.97 Å². The molecule has 3 atom stereocenters. The summed E-state index contributed by atoms with van der Waals surface area (Å²) in [5.41, 5.74) is 12.2. The molecule has 0 aliphatic heterocycles. The van der Waals surface area contributed by atoms with E-state index >= 15 is 0 Å². The molecular weight excluding hydrogens is 376 g/mol. The van der Waals surface area contributed by atoms with E-state index in [0.29, 0.717) is 25.8 Å². The van der Waals surface area contributed by atoms with Crippen LogP contribution in [-0.2, 0) is 20.8 Å². The van der Waals surface area contributed by atoms with E-state index in [1.807, 2.05) is 0 Å². The number of nitrogens with two attached hydrogens (primary N) is 2. The molecule has 162 valence electrons. The number of hydrogen-bond donors (Lipinski definition) is 6. The van der Waals surface area contributed by atoms with Gasteiger partial charge in [0.2, 0.25) is 11.8 Å². The van der Waals surface area contributed by atoms with E-state index in [0.717, 1.165) is 5.56 Å². The van der Waals surface area contributed by atoms with Crippen LogP contribution in [0.4, 0.5) is 0 Å². The highest BCUT2D eigenvalue weighted by molar-refractivity contribution is 5.91. The van der Waals surface area contributed by atoms with Crippen LogP contribution in [-0.4, -0.2) is 52.7 Å². The summed E-state index contributed by atoms with van der Waals surface area (Å²) in [4.78, 5) is 36.5. The monoisotopic (exact) mass is 408 g/mol. The van der Waals surface area contributed by atoms with Crippen LogP contribution in [0.2, 0.25) is 0 Å². The van der Waals surface area contributed by atoms with Gasteiger partial charge in [-0.3, -0.25) is 9.59 Å². The number of benzene rings is 1. The van der Waals surface area contributed by atoms with Crippen molar-refractivity contribution in [3.05, 3.63) is 29.8 Å². The number of hydrogen-bond acceptors (Lipinski definition) is 6. The summed E-state index contributed by atoms with van der Waals surface area (Å²) in [7, 11) is 0. The van der Waals surface area contributed by atoms with Crippen molar-refractivity contribution < 1.29 is 24.6 Å². The first-order valence-corrected chi connectivity index (χ1v) is 9.72. The third-order valence-corrected chi connectivity index (χ3v) is 4.54. The van der Waals surface area contributed by atoms with Gasteiger partial charge in [0.25, 0.3) is 0 Å². The molecule has 0 saturated heterocycles. The molecule has 0 saturated carbocycles. The number of carbonyl (C=O) groups is 3. The number of rotatable bonds is 12. The number of carboxylic acids is 1. The van der Waals surface area contributed by atoms with E-state index in [9.17, 15) is 24.6 Å². The van der Waals surface area contributed by atoms with Crippen molar-refractivity contribution in [2.75, 3.05) is 6.54 Å². The molecule has 9 heteroatoms. The minimum atomic E-state index is -1.13. The number of aliphatic carboxylic acids is 1. The van der Waals surface area contributed by atoms with Gasteiger partial charge in [0.05, 0.1) is 6.04 Å². The van der Waals surface area contributed by atoms with Crippen LogP contribution in [0.25, 0.3) is 0 Å². The second-order valence-corrected chi connectivity index (χ2v) is 7.39. The third-order valence-electron chi connectivity index (χ3n) is 4.54. The summed E-state index contributed by atoms with van der Waals surface area (Å²) in [6.45, 7) is 3.83. The van der Waals surface area contributed by atoms with Crippen LogP contribution in [0.3, 0.4) is 0 Å². The lowest BCUT2D eigenvalue weighted by atomic mass is 10.0. The highest BCUT2D eigenvalue weighted by atomic mass is 16.4. The highest BCUT2D eigenvalue weighted by Gasteiger charge is 2.29. The topological polar surface area (TPSA) is 168 Å². The first kappa shape index (κ1) is 24.4. The largest absolute Gasteiger partial charge is 0.508 e. The van der Waals surface area contributed by atoms with Gasteiger partial charge in [-0.15, -0.1) is 0 Å². The molecule has 0 aromatic heterocycles. The average molecular weight is 408 g/mol. The molecule has 8 N–H and O–H groups in total. The van der Waals surface area contributed by atoms with Gasteiger partial charge in [-0.05, 0) is 55.8 Å². The smallest absolute Gasteiger partial charge is 0.326 e. The number of nitrogens with one attached hydrogen (secondary N) is 2. The lowest BCUT2D eigenvalue weighted by molar-refractivity contribution is -0.143. The first-order chi connectivity index (χ1) is 13.6. The number of phenols is 1. The normalized spacial score (nSPS) is 14.1. The Morgan fingerprint density at radius 3 is 2.17 bits per heavy atom. The third kappa shape index (κ3) is 8.49. The molecule has 2 amide bonds. The van der Waals surface area contributed by atoms with Crippen LogP contribution in [0, 0.1) is 5.92 Å². The molecule has 0 heterocycles. The maximum Gasteiger partial charge on any atom is 0.326 e. The molecule has 0 unspecified atom stereocenters. The number of carboxylic acid groups (broad SMARTS) is 1. The molecular formula is C20H32N4O5. The number of aromatic hydroxyl groups is 1. The Morgan fingerprint density at radius 2 is 1.66 bits per heavy atom. The molecule has 0 spiro atoms. The predicted octanol–water partition coefficient (Wildman–Crippen LogP) is 0.101. The first-order valence-electron chi connectivity index (χ1n) is 9.72. The highest BCUT2D eigenvalue weighted by Crippen LogP contribution is 2.11. The van der Waals surface area contributed by atoms with Crippen molar-refractivity contribution in [2.24, 2.45) is 17.4 Å². The van der Waals surface area contributed by atoms with Gasteiger partial charge in [-0.25, -0.2) is 4.79 Å². The number of carbonyl (C=O) groups excluding carboxylic acids is 2. The fourth-order valence-electron chi connectivity index (χ4n) is 2.79. The van der Waals surface area contributed by atoms with Crippen molar-refractivity contribution in [1.29, 1.82) is 0 Å². The summed E-state index contributed by atoms with van der Waals surface area (Å²) < 4.78 is 0. The Bertz CT molecular complexity index is 678. The summed E-state index contributed by atoms with van der Waals surface area (Å²) in [5.74, 6) is -2.41. The fourth-order valence-corrected chi connectivity index (χ4v) is 2.79. The molecule has 0 bridgehead atoms. The maximum atomic E-state index is 12.6. The van der Waals surface area contributed by atoms with E-state index in [1.54, 1.807) is 26.0 Å². The Morgan fingerprint density at radius 1 is 1.03 bits per heavy atom. The fraction of sp³-hybridized carbons (Fsp3) is 0.550. The van der Waals surface area contributed by atoms with Crippen LogP contribution in [0.15, 0.2) is 24.3 Å². The zero-order valence-electron chi connectivity index (χ0n) is 16.9. The second kappa shape index (κ2) is 12.0.